The van der Waals surface area contributed by atoms with E-state index in [4.69, 9.17) is 14.2 Å². The van der Waals surface area contributed by atoms with E-state index in [9.17, 15) is 9.59 Å². The molecule has 0 unspecified atom stereocenters. The van der Waals surface area contributed by atoms with Gasteiger partial charge in [-0.15, -0.1) is 0 Å². The number of esters is 2. The van der Waals surface area contributed by atoms with Crippen LogP contribution >= 0.6 is 0 Å². The lowest BCUT2D eigenvalue weighted by atomic mass is 9.73. The summed E-state index contributed by atoms with van der Waals surface area (Å²) >= 11 is 0. The van der Waals surface area contributed by atoms with Gasteiger partial charge in [0.15, 0.2) is 5.41 Å². The number of carbonyl (C=O) groups excluding carboxylic acids is 2. The van der Waals surface area contributed by atoms with Gasteiger partial charge in [0.25, 0.3) is 0 Å². The molecular formula is C23H26O5. The van der Waals surface area contributed by atoms with Gasteiger partial charge in [0.1, 0.15) is 5.75 Å². The number of carbonyl (C=O) groups is 2. The molecule has 5 heteroatoms. The molecule has 0 aliphatic carbocycles. The molecular weight excluding hydrogens is 356 g/mol. The zero-order valence-corrected chi connectivity index (χ0v) is 16.6. The molecule has 0 heterocycles. The second-order valence-electron chi connectivity index (χ2n) is 6.22. The van der Waals surface area contributed by atoms with Crippen molar-refractivity contribution in [3.63, 3.8) is 0 Å². The number of rotatable bonds is 9. The van der Waals surface area contributed by atoms with E-state index in [1.807, 2.05) is 30.3 Å². The highest BCUT2D eigenvalue weighted by molar-refractivity contribution is 6.12. The van der Waals surface area contributed by atoms with Gasteiger partial charge in [-0.25, -0.2) is 0 Å². The van der Waals surface area contributed by atoms with Crippen LogP contribution in [0.1, 0.15) is 25.0 Å². The largest absolute Gasteiger partial charge is 0.497 e. The summed E-state index contributed by atoms with van der Waals surface area (Å²) in [5.41, 5.74) is 0.0918. The van der Waals surface area contributed by atoms with Gasteiger partial charge in [-0.05, 0) is 42.7 Å². The highest BCUT2D eigenvalue weighted by Crippen LogP contribution is 2.40. The number of methoxy groups -OCH3 is 1. The van der Waals surface area contributed by atoms with E-state index in [2.05, 4.69) is 6.58 Å². The van der Waals surface area contributed by atoms with Crippen molar-refractivity contribution in [2.75, 3.05) is 20.3 Å². The van der Waals surface area contributed by atoms with Crippen molar-refractivity contribution in [2.24, 2.45) is 5.41 Å². The van der Waals surface area contributed by atoms with Crippen molar-refractivity contribution in [3.05, 3.63) is 72.3 Å². The molecule has 2 aromatic rings. The minimum absolute atomic E-state index is 0.0936. The molecule has 0 aromatic heterocycles. The smallest absolute Gasteiger partial charge is 0.328 e. The third-order valence-corrected chi connectivity index (χ3v) is 4.51. The van der Waals surface area contributed by atoms with Crippen molar-refractivity contribution in [3.8, 4) is 5.75 Å². The Morgan fingerprint density at radius 1 is 0.893 bits per heavy atom. The molecule has 2 aromatic carbocycles. The van der Waals surface area contributed by atoms with Gasteiger partial charge in [0, 0.05) is 6.42 Å². The first-order valence-corrected chi connectivity index (χ1v) is 9.21. The second-order valence-corrected chi connectivity index (χ2v) is 6.22. The Morgan fingerprint density at radius 3 is 1.89 bits per heavy atom. The van der Waals surface area contributed by atoms with Crippen LogP contribution in [0, 0.1) is 5.41 Å². The fourth-order valence-electron chi connectivity index (χ4n) is 3.03. The highest BCUT2D eigenvalue weighted by Gasteiger charge is 2.51. The van der Waals surface area contributed by atoms with Gasteiger partial charge >= 0.3 is 11.9 Å². The molecule has 0 fully saturated rings. The zero-order valence-electron chi connectivity index (χ0n) is 16.6. The lowest BCUT2D eigenvalue weighted by Crippen LogP contribution is -2.44. The first kappa shape index (κ1) is 21.2. The maximum absolute atomic E-state index is 13.1. The Kier molecular flexibility index (Phi) is 7.38. The molecule has 0 amide bonds. The zero-order chi connectivity index (χ0) is 20.6. The average Bonchev–Trinajstić information content (AvgIpc) is 2.72. The second kappa shape index (κ2) is 9.74. The van der Waals surface area contributed by atoms with E-state index < -0.39 is 17.4 Å². The Hall–Kier alpha value is -3.08. The molecule has 28 heavy (non-hydrogen) atoms. The maximum Gasteiger partial charge on any atom is 0.328 e. The molecule has 0 saturated heterocycles. The van der Waals surface area contributed by atoms with Crippen molar-refractivity contribution in [1.29, 1.82) is 0 Å². The normalized spacial score (nSPS) is 10.8. The van der Waals surface area contributed by atoms with E-state index in [1.165, 1.54) is 0 Å². The van der Waals surface area contributed by atoms with Crippen molar-refractivity contribution < 1.29 is 23.8 Å². The molecule has 0 radical (unpaired) electrons. The van der Waals surface area contributed by atoms with Gasteiger partial charge in [0.2, 0.25) is 0 Å². The predicted octanol–water partition coefficient (Wildman–Crippen LogP) is 4.06. The van der Waals surface area contributed by atoms with Gasteiger partial charge < -0.3 is 14.2 Å². The number of hydrogen-bond acceptors (Lipinski definition) is 5. The van der Waals surface area contributed by atoms with Gasteiger partial charge in [-0.1, -0.05) is 49.0 Å². The number of hydrogen-bond donors (Lipinski definition) is 0. The highest BCUT2D eigenvalue weighted by atomic mass is 16.6. The van der Waals surface area contributed by atoms with E-state index in [0.717, 1.165) is 5.56 Å². The van der Waals surface area contributed by atoms with Crippen molar-refractivity contribution in [1.82, 2.24) is 0 Å². The Balaban J connectivity index is 2.59. The van der Waals surface area contributed by atoms with Crippen molar-refractivity contribution >= 4 is 17.5 Å². The summed E-state index contributed by atoms with van der Waals surface area (Å²) in [6.07, 6.45) is 0.0936. The summed E-state index contributed by atoms with van der Waals surface area (Å²) in [6.45, 7) is 7.80. The third-order valence-electron chi connectivity index (χ3n) is 4.51. The van der Waals surface area contributed by atoms with E-state index in [-0.39, 0.29) is 19.6 Å². The first-order chi connectivity index (χ1) is 13.5. The topological polar surface area (TPSA) is 61.8 Å². The van der Waals surface area contributed by atoms with Crippen LogP contribution < -0.4 is 4.74 Å². The molecule has 5 nitrogen and oxygen atoms in total. The van der Waals surface area contributed by atoms with Crippen LogP contribution in [0.4, 0.5) is 0 Å². The standard InChI is InChI=1S/C23H26O5/c1-5-27-21(24)23(22(25)28-6-2,16-18-10-8-7-9-11-18)17(3)19-12-14-20(26-4)15-13-19/h7-15H,3,5-6,16H2,1-2,4H3. The molecule has 0 atom stereocenters. The van der Waals surface area contributed by atoms with Crippen LogP contribution in [-0.4, -0.2) is 32.3 Å². The average molecular weight is 382 g/mol. The summed E-state index contributed by atoms with van der Waals surface area (Å²) < 4.78 is 15.8. The lowest BCUT2D eigenvalue weighted by Gasteiger charge is -2.31. The molecule has 0 spiro atoms. The molecule has 0 saturated carbocycles. The van der Waals surface area contributed by atoms with Crippen molar-refractivity contribution in [2.45, 2.75) is 20.3 Å². The lowest BCUT2D eigenvalue weighted by molar-refractivity contribution is -0.167. The number of benzene rings is 2. The summed E-state index contributed by atoms with van der Waals surface area (Å²) in [5.74, 6) is -0.672. The van der Waals surface area contributed by atoms with Gasteiger partial charge in [-0.2, -0.15) is 0 Å². The Bertz CT molecular complexity index is 791. The Morgan fingerprint density at radius 2 is 1.43 bits per heavy atom. The molecule has 0 aliphatic rings. The number of ether oxygens (including phenoxy) is 3. The van der Waals surface area contributed by atoms with Crippen LogP contribution in [0.25, 0.3) is 5.57 Å². The summed E-state index contributed by atoms with van der Waals surface area (Å²) in [6, 6.07) is 16.3. The Labute approximate surface area is 165 Å². The summed E-state index contributed by atoms with van der Waals surface area (Å²) in [5, 5.41) is 0. The summed E-state index contributed by atoms with van der Waals surface area (Å²) in [4.78, 5) is 26.2. The van der Waals surface area contributed by atoms with E-state index in [1.54, 1.807) is 45.2 Å². The molecule has 0 bridgehead atoms. The molecule has 148 valence electrons. The molecule has 0 N–H and O–H groups in total. The van der Waals surface area contributed by atoms with Crippen LogP contribution in [0.3, 0.4) is 0 Å². The van der Waals surface area contributed by atoms with E-state index in [0.29, 0.717) is 16.9 Å². The fraction of sp³-hybridized carbons (Fsp3) is 0.304. The van der Waals surface area contributed by atoms with Crippen LogP contribution in [0.15, 0.2) is 61.2 Å². The quantitative estimate of drug-likeness (QED) is 0.483. The minimum atomic E-state index is -1.68. The monoisotopic (exact) mass is 382 g/mol. The van der Waals surface area contributed by atoms with Gasteiger partial charge in [-0.3, -0.25) is 9.59 Å². The van der Waals surface area contributed by atoms with Crippen LogP contribution in [0.5, 0.6) is 5.75 Å². The first-order valence-electron chi connectivity index (χ1n) is 9.21. The SMILES string of the molecule is C=C(c1ccc(OC)cc1)C(Cc1ccccc1)(C(=O)OCC)C(=O)OCC. The summed E-state index contributed by atoms with van der Waals surface area (Å²) in [7, 11) is 1.57. The van der Waals surface area contributed by atoms with Gasteiger partial charge in [0.05, 0.1) is 20.3 Å². The fourth-order valence-corrected chi connectivity index (χ4v) is 3.03. The predicted molar refractivity (Wildman–Crippen MR) is 108 cm³/mol. The maximum atomic E-state index is 13.1. The van der Waals surface area contributed by atoms with E-state index >= 15 is 0 Å². The molecule has 0 aliphatic heterocycles. The minimum Gasteiger partial charge on any atom is -0.497 e. The van der Waals surface area contributed by atoms with Crippen LogP contribution in [0.2, 0.25) is 0 Å². The van der Waals surface area contributed by atoms with Crippen LogP contribution in [-0.2, 0) is 25.5 Å². The molecule has 2 rings (SSSR count). The third kappa shape index (κ3) is 4.42.